The van der Waals surface area contributed by atoms with Gasteiger partial charge in [0.25, 0.3) is 5.69 Å². The summed E-state index contributed by atoms with van der Waals surface area (Å²) in [6, 6.07) is 16.4. The van der Waals surface area contributed by atoms with Crippen molar-refractivity contribution in [3.8, 4) is 0 Å². The van der Waals surface area contributed by atoms with Crippen LogP contribution >= 0.6 is 0 Å². The number of rotatable bonds is 4. The van der Waals surface area contributed by atoms with Crippen molar-refractivity contribution in [1.29, 1.82) is 0 Å². The molecule has 0 radical (unpaired) electrons. The van der Waals surface area contributed by atoms with Gasteiger partial charge in [-0.2, -0.15) is 0 Å². The average Bonchev–Trinajstić information content (AvgIpc) is 3.25. The summed E-state index contributed by atoms with van der Waals surface area (Å²) in [5.74, 6) is -0.322. The maximum Gasteiger partial charge on any atom is 0.269 e. The molecule has 1 fully saturated rings. The molecule has 9 nitrogen and oxygen atoms in total. The van der Waals surface area contributed by atoms with Crippen LogP contribution in [0.15, 0.2) is 73.1 Å². The zero-order valence-corrected chi connectivity index (χ0v) is 18.6. The van der Waals surface area contributed by atoms with Crippen LogP contribution < -0.4 is 0 Å². The van der Waals surface area contributed by atoms with Gasteiger partial charge < -0.3 is 14.8 Å². The molecule has 174 valence electrons. The number of pyridine rings is 1. The van der Waals surface area contributed by atoms with Gasteiger partial charge in [0.15, 0.2) is 0 Å². The molecule has 35 heavy (non-hydrogen) atoms. The quantitative estimate of drug-likeness (QED) is 0.365. The van der Waals surface area contributed by atoms with Gasteiger partial charge in [0, 0.05) is 54.1 Å². The first-order valence-corrected chi connectivity index (χ1v) is 11.3. The van der Waals surface area contributed by atoms with Gasteiger partial charge in [-0.1, -0.05) is 30.3 Å². The van der Waals surface area contributed by atoms with Crippen LogP contribution in [0.3, 0.4) is 0 Å². The molecule has 2 atom stereocenters. The summed E-state index contributed by atoms with van der Waals surface area (Å²) in [6.07, 6.45) is 3.70. The van der Waals surface area contributed by atoms with Gasteiger partial charge in [-0.05, 0) is 34.9 Å². The molecule has 9 heteroatoms. The molecular weight excluding hydrogens is 446 g/mol. The molecule has 2 aromatic carbocycles. The highest BCUT2D eigenvalue weighted by molar-refractivity contribution is 5.97. The number of aromatic nitrogens is 2. The van der Waals surface area contributed by atoms with Gasteiger partial charge in [-0.3, -0.25) is 24.7 Å². The highest BCUT2D eigenvalue weighted by Crippen LogP contribution is 2.43. The summed E-state index contributed by atoms with van der Waals surface area (Å²) in [5, 5.41) is 12.5. The van der Waals surface area contributed by atoms with E-state index in [0.29, 0.717) is 18.5 Å². The van der Waals surface area contributed by atoms with Crippen LogP contribution in [0.25, 0.3) is 10.9 Å². The Kier molecular flexibility index (Phi) is 4.84. The van der Waals surface area contributed by atoms with Crippen molar-refractivity contribution in [2.24, 2.45) is 0 Å². The molecule has 0 aliphatic carbocycles. The van der Waals surface area contributed by atoms with Crippen LogP contribution in [-0.2, 0) is 22.6 Å². The summed E-state index contributed by atoms with van der Waals surface area (Å²) in [5.41, 5.74) is 4.10. The number of non-ortho nitro benzene ring substituents is 1. The van der Waals surface area contributed by atoms with Gasteiger partial charge >= 0.3 is 0 Å². The van der Waals surface area contributed by atoms with E-state index in [-0.39, 0.29) is 24.0 Å². The number of aromatic amines is 1. The summed E-state index contributed by atoms with van der Waals surface area (Å²) in [6.45, 7) is 0.262. The maximum atomic E-state index is 13.7. The lowest BCUT2D eigenvalue weighted by molar-refractivity contribution is -0.384. The minimum Gasteiger partial charge on any atom is -0.356 e. The van der Waals surface area contributed by atoms with Gasteiger partial charge in [-0.25, -0.2) is 0 Å². The second-order valence-corrected chi connectivity index (χ2v) is 8.89. The Morgan fingerprint density at radius 1 is 1.06 bits per heavy atom. The van der Waals surface area contributed by atoms with Gasteiger partial charge in [0.2, 0.25) is 11.8 Å². The fourth-order valence-corrected chi connectivity index (χ4v) is 5.32. The monoisotopic (exact) mass is 467 g/mol. The Morgan fingerprint density at radius 2 is 1.86 bits per heavy atom. The number of nitrogens with one attached hydrogen (secondary N) is 1. The SMILES string of the molecule is O=C1[C@H]2Cc3c([nH]c4ccccc34)C(c3cccc([N+](=O)[O-])c3)N2C(=O)CN1Cc1ccncc1. The number of H-pyrrole nitrogens is 1. The molecule has 2 aliphatic rings. The van der Waals surface area contributed by atoms with Crippen molar-refractivity contribution in [2.75, 3.05) is 6.54 Å². The van der Waals surface area contributed by atoms with E-state index in [0.717, 1.165) is 27.7 Å². The molecule has 2 amide bonds. The lowest BCUT2D eigenvalue weighted by Crippen LogP contribution is -2.62. The minimum absolute atomic E-state index is 0.0569. The van der Waals surface area contributed by atoms with Crippen LogP contribution in [0, 0.1) is 10.1 Å². The summed E-state index contributed by atoms with van der Waals surface area (Å²) in [4.78, 5) is 49.0. The van der Waals surface area contributed by atoms with Crippen molar-refractivity contribution in [1.82, 2.24) is 19.8 Å². The topological polar surface area (TPSA) is 112 Å². The van der Waals surface area contributed by atoms with E-state index < -0.39 is 17.0 Å². The Labute approximate surface area is 200 Å². The fourth-order valence-electron chi connectivity index (χ4n) is 5.32. The summed E-state index contributed by atoms with van der Waals surface area (Å²) >= 11 is 0. The molecule has 0 bridgehead atoms. The molecular formula is C26H21N5O4. The smallest absolute Gasteiger partial charge is 0.269 e. The van der Waals surface area contributed by atoms with E-state index in [9.17, 15) is 19.7 Å². The number of fused-ring (bicyclic) bond motifs is 4. The number of nitro benzene ring substituents is 1. The molecule has 0 saturated carbocycles. The third-order valence-corrected chi connectivity index (χ3v) is 6.86. The average molecular weight is 467 g/mol. The number of nitro groups is 1. The maximum absolute atomic E-state index is 13.7. The van der Waals surface area contributed by atoms with Crippen LogP contribution in [0.1, 0.15) is 28.4 Å². The minimum atomic E-state index is -0.700. The summed E-state index contributed by atoms with van der Waals surface area (Å²) < 4.78 is 0. The van der Waals surface area contributed by atoms with Crippen molar-refractivity contribution in [3.05, 3.63) is 106 Å². The predicted molar refractivity (Wildman–Crippen MR) is 127 cm³/mol. The van der Waals surface area contributed by atoms with E-state index in [1.54, 1.807) is 34.3 Å². The lowest BCUT2D eigenvalue weighted by Gasteiger charge is -2.47. The molecule has 0 spiro atoms. The Balaban J connectivity index is 1.48. The highest BCUT2D eigenvalue weighted by Gasteiger charge is 2.48. The van der Waals surface area contributed by atoms with Crippen molar-refractivity contribution >= 4 is 28.4 Å². The number of piperazine rings is 1. The molecule has 4 aromatic rings. The van der Waals surface area contributed by atoms with E-state index in [2.05, 4.69) is 9.97 Å². The fraction of sp³-hybridized carbons (Fsp3) is 0.192. The van der Waals surface area contributed by atoms with Crippen LogP contribution in [0.5, 0.6) is 0 Å². The molecule has 6 rings (SSSR count). The zero-order chi connectivity index (χ0) is 24.1. The number of amides is 2. The first-order chi connectivity index (χ1) is 17.0. The third-order valence-electron chi connectivity index (χ3n) is 6.86. The Hall–Kier alpha value is -4.53. The van der Waals surface area contributed by atoms with Crippen LogP contribution in [-0.4, -0.2) is 49.1 Å². The van der Waals surface area contributed by atoms with Gasteiger partial charge in [0.1, 0.15) is 12.6 Å². The molecule has 2 aromatic heterocycles. The largest absolute Gasteiger partial charge is 0.356 e. The van der Waals surface area contributed by atoms with Crippen LogP contribution in [0.2, 0.25) is 0 Å². The summed E-state index contributed by atoms with van der Waals surface area (Å²) in [7, 11) is 0. The van der Waals surface area contributed by atoms with Gasteiger partial charge in [-0.15, -0.1) is 0 Å². The Bertz CT molecular complexity index is 1480. The van der Waals surface area contributed by atoms with Crippen molar-refractivity contribution in [2.45, 2.75) is 25.0 Å². The molecule has 1 saturated heterocycles. The molecule has 2 aliphatic heterocycles. The Morgan fingerprint density at radius 3 is 2.66 bits per heavy atom. The number of hydrogen-bond acceptors (Lipinski definition) is 5. The molecule has 1 N–H and O–H groups in total. The van der Waals surface area contributed by atoms with E-state index in [1.165, 1.54) is 12.1 Å². The predicted octanol–water partition coefficient (Wildman–Crippen LogP) is 3.36. The third kappa shape index (κ3) is 3.43. The van der Waals surface area contributed by atoms with Gasteiger partial charge in [0.05, 0.1) is 11.0 Å². The number of nitrogens with zero attached hydrogens (tertiary/aromatic N) is 4. The van der Waals surface area contributed by atoms with Crippen LogP contribution in [0.4, 0.5) is 5.69 Å². The second-order valence-electron chi connectivity index (χ2n) is 8.89. The standard InChI is InChI=1S/C26H21N5O4/c32-23-15-29(14-16-8-10-27-11-9-16)26(33)22-13-20-19-6-1-2-7-21(19)28-24(20)25(30(22)23)17-4-3-5-18(12-17)31(34)35/h1-12,22,25,28H,13-15H2/t22-,25?/m1/s1. The van der Waals surface area contributed by atoms with E-state index in [4.69, 9.17) is 0 Å². The number of carbonyl (C=O) groups excluding carboxylic acids is 2. The van der Waals surface area contributed by atoms with E-state index >= 15 is 0 Å². The molecule has 1 unspecified atom stereocenters. The number of carbonyl (C=O) groups is 2. The first kappa shape index (κ1) is 21.0. The first-order valence-electron chi connectivity index (χ1n) is 11.3. The normalized spacial score (nSPS) is 19.5. The highest BCUT2D eigenvalue weighted by atomic mass is 16.6. The number of benzene rings is 2. The lowest BCUT2D eigenvalue weighted by atomic mass is 9.86. The number of hydrogen-bond donors (Lipinski definition) is 1. The second kappa shape index (κ2) is 8.05. The van der Waals surface area contributed by atoms with E-state index in [1.807, 2.05) is 36.4 Å². The number of para-hydroxylation sites is 1. The molecule has 4 heterocycles. The van der Waals surface area contributed by atoms with Crippen molar-refractivity contribution < 1.29 is 14.5 Å². The van der Waals surface area contributed by atoms with Crippen molar-refractivity contribution in [3.63, 3.8) is 0 Å². The zero-order valence-electron chi connectivity index (χ0n) is 18.6.